The number of aryl methyl sites for hydroxylation is 1. The minimum atomic E-state index is -2.33. The number of nitrogens with one attached hydrogen (secondary N) is 1. The summed E-state index contributed by atoms with van der Waals surface area (Å²) in [6.07, 6.45) is 2.58. The van der Waals surface area contributed by atoms with Crippen molar-refractivity contribution in [3.05, 3.63) is 59.0 Å². The van der Waals surface area contributed by atoms with Crippen molar-refractivity contribution in [2.45, 2.75) is 25.8 Å². The third-order valence-corrected chi connectivity index (χ3v) is 6.19. The topological polar surface area (TPSA) is 115 Å². The predicted octanol–water partition coefficient (Wildman–Crippen LogP) is 1.29. The highest BCUT2D eigenvalue weighted by Gasteiger charge is 2.41. The summed E-state index contributed by atoms with van der Waals surface area (Å²) in [4.78, 5) is 24.8. The number of benzene rings is 1. The molecule has 0 radical (unpaired) electrons. The fourth-order valence-electron chi connectivity index (χ4n) is 3.61. The average Bonchev–Trinajstić information content (AvgIpc) is 2.73. The van der Waals surface area contributed by atoms with Gasteiger partial charge >= 0.3 is 0 Å². The van der Waals surface area contributed by atoms with Crippen LogP contribution in [0, 0.1) is 5.41 Å². The number of nitrogens with zero attached hydrogens (tertiary/aromatic N) is 2. The van der Waals surface area contributed by atoms with Crippen molar-refractivity contribution in [3.8, 4) is 11.1 Å². The lowest BCUT2D eigenvalue weighted by atomic mass is 9.75. The van der Waals surface area contributed by atoms with Gasteiger partial charge in [-0.3, -0.25) is 19.0 Å². The van der Waals surface area contributed by atoms with E-state index in [0.717, 1.165) is 11.1 Å². The average molecular weight is 404 g/mol. The van der Waals surface area contributed by atoms with Crippen LogP contribution in [-0.4, -0.2) is 41.8 Å². The summed E-state index contributed by atoms with van der Waals surface area (Å²) >= 11 is -2.33. The van der Waals surface area contributed by atoms with E-state index < -0.39 is 22.6 Å². The lowest BCUT2D eigenvalue weighted by Gasteiger charge is -2.40. The largest absolute Gasteiger partial charge is 0.760 e. The third-order valence-electron chi connectivity index (χ3n) is 5.41. The van der Waals surface area contributed by atoms with E-state index in [4.69, 9.17) is 5.21 Å². The first-order valence-corrected chi connectivity index (χ1v) is 10.0. The minimum Gasteiger partial charge on any atom is -0.760 e. The summed E-state index contributed by atoms with van der Waals surface area (Å²) in [6.45, 7) is 0.693. The quantitative estimate of drug-likeness (QED) is 0.428. The van der Waals surface area contributed by atoms with Crippen molar-refractivity contribution in [1.82, 2.24) is 14.4 Å². The van der Waals surface area contributed by atoms with Gasteiger partial charge in [-0.25, -0.2) is 9.79 Å². The van der Waals surface area contributed by atoms with Crippen molar-refractivity contribution in [1.29, 1.82) is 0 Å². The monoisotopic (exact) mass is 404 g/mol. The third kappa shape index (κ3) is 4.39. The Labute approximate surface area is 165 Å². The van der Waals surface area contributed by atoms with E-state index in [0.29, 0.717) is 13.0 Å². The fraction of sp³-hybridized carbons (Fsp3) is 0.368. The van der Waals surface area contributed by atoms with Gasteiger partial charge in [-0.05, 0) is 36.5 Å². The molecule has 9 heteroatoms. The molecule has 8 nitrogen and oxygen atoms in total. The molecule has 0 aliphatic carbocycles. The molecule has 150 valence electrons. The van der Waals surface area contributed by atoms with Crippen LogP contribution in [0.2, 0.25) is 0 Å². The predicted molar refractivity (Wildman–Crippen MR) is 103 cm³/mol. The highest BCUT2D eigenvalue weighted by Crippen LogP contribution is 2.36. The van der Waals surface area contributed by atoms with Gasteiger partial charge in [0.1, 0.15) is 0 Å². The molecule has 1 aliphatic rings. The van der Waals surface area contributed by atoms with Crippen LogP contribution in [0.1, 0.15) is 19.3 Å². The first-order valence-electron chi connectivity index (χ1n) is 9.00. The van der Waals surface area contributed by atoms with Crippen LogP contribution in [-0.2, 0) is 22.6 Å². The molecule has 0 bridgehead atoms. The summed E-state index contributed by atoms with van der Waals surface area (Å²) in [6, 6.07) is 13.0. The lowest BCUT2D eigenvalue weighted by molar-refractivity contribution is -0.143. The fourth-order valence-corrected chi connectivity index (χ4v) is 4.09. The molecule has 2 aromatic rings. The second-order valence-corrected chi connectivity index (χ2v) is 7.88. The van der Waals surface area contributed by atoms with Crippen molar-refractivity contribution < 1.29 is 18.8 Å². The van der Waals surface area contributed by atoms with Crippen LogP contribution < -0.4 is 11.0 Å². The molecular formula is C19H22N3O5S-. The van der Waals surface area contributed by atoms with E-state index in [-0.39, 0.29) is 31.5 Å². The summed E-state index contributed by atoms with van der Waals surface area (Å²) in [5.41, 5.74) is 2.37. The molecule has 1 saturated heterocycles. The van der Waals surface area contributed by atoms with E-state index in [1.54, 1.807) is 17.7 Å². The van der Waals surface area contributed by atoms with Crippen LogP contribution in [0.15, 0.2) is 53.5 Å². The maximum atomic E-state index is 12.5. The second kappa shape index (κ2) is 8.78. The van der Waals surface area contributed by atoms with Gasteiger partial charge in [0.25, 0.3) is 5.56 Å². The molecule has 1 amide bonds. The number of pyridine rings is 1. The molecule has 1 unspecified atom stereocenters. The minimum absolute atomic E-state index is 0.181. The second-order valence-electron chi connectivity index (χ2n) is 6.93. The summed E-state index contributed by atoms with van der Waals surface area (Å²) in [5, 5.41) is 9.14. The van der Waals surface area contributed by atoms with Gasteiger partial charge in [-0.15, -0.1) is 0 Å². The standard InChI is InChI=1S/C19H23N3O5S/c23-17-14-16(15-4-2-1-3-5-15)6-10-21(17)11-7-19(18(24)20-25)8-12-22(13-9-19)28(26)27/h1-6,10,14,25H,7-9,11-13H2,(H,20,24)(H,26,27)/p-1. The Hall–Kier alpha value is -2.33. The molecular weight excluding hydrogens is 382 g/mol. The number of aromatic nitrogens is 1. The van der Waals surface area contributed by atoms with Crippen molar-refractivity contribution >= 4 is 17.2 Å². The number of rotatable bonds is 6. The number of hydrogen-bond acceptors (Lipinski definition) is 5. The smallest absolute Gasteiger partial charge is 0.251 e. The Morgan fingerprint density at radius 2 is 1.86 bits per heavy atom. The molecule has 1 aromatic carbocycles. The van der Waals surface area contributed by atoms with E-state index in [9.17, 15) is 18.4 Å². The van der Waals surface area contributed by atoms with Gasteiger partial charge in [-0.1, -0.05) is 30.3 Å². The zero-order chi connectivity index (χ0) is 20.1. The summed E-state index contributed by atoms with van der Waals surface area (Å²) in [5.74, 6) is -0.544. The molecule has 3 rings (SSSR count). The van der Waals surface area contributed by atoms with Gasteiger partial charge in [0, 0.05) is 43.2 Å². The molecule has 0 saturated carbocycles. The Kier molecular flexibility index (Phi) is 6.40. The number of hydrogen-bond donors (Lipinski definition) is 2. The van der Waals surface area contributed by atoms with E-state index in [1.807, 2.05) is 36.4 Å². The molecule has 1 aromatic heterocycles. The highest BCUT2D eigenvalue weighted by atomic mass is 32.2. The number of carbonyl (C=O) groups excluding carboxylic acids is 1. The Morgan fingerprint density at radius 1 is 1.18 bits per heavy atom. The maximum Gasteiger partial charge on any atom is 0.251 e. The van der Waals surface area contributed by atoms with Gasteiger partial charge < -0.3 is 9.12 Å². The normalized spacial score (nSPS) is 17.8. The van der Waals surface area contributed by atoms with Gasteiger partial charge in [0.05, 0.1) is 5.41 Å². The summed E-state index contributed by atoms with van der Waals surface area (Å²) in [7, 11) is 0. The van der Waals surface area contributed by atoms with E-state index in [2.05, 4.69) is 0 Å². The summed E-state index contributed by atoms with van der Waals surface area (Å²) < 4.78 is 25.0. The van der Waals surface area contributed by atoms with Crippen LogP contribution in [0.25, 0.3) is 11.1 Å². The lowest BCUT2D eigenvalue weighted by Crippen LogP contribution is -2.49. The first kappa shape index (κ1) is 20.4. The van der Waals surface area contributed by atoms with E-state index in [1.165, 1.54) is 8.87 Å². The number of hydroxylamine groups is 1. The Bertz CT molecular complexity index is 907. The molecule has 28 heavy (non-hydrogen) atoms. The zero-order valence-electron chi connectivity index (χ0n) is 15.2. The van der Waals surface area contributed by atoms with Crippen LogP contribution >= 0.6 is 0 Å². The van der Waals surface area contributed by atoms with Gasteiger partial charge in [0.15, 0.2) is 0 Å². The van der Waals surface area contributed by atoms with Crippen molar-refractivity contribution in [2.24, 2.45) is 5.41 Å². The SMILES string of the molecule is O=C(NO)C1(CCn2ccc(-c3ccccc3)cc2=O)CCN(S(=O)[O-])CC1. The van der Waals surface area contributed by atoms with Crippen LogP contribution in [0.5, 0.6) is 0 Å². The van der Waals surface area contributed by atoms with Crippen molar-refractivity contribution in [2.75, 3.05) is 13.1 Å². The van der Waals surface area contributed by atoms with Gasteiger partial charge in [-0.2, -0.15) is 0 Å². The maximum absolute atomic E-state index is 12.5. The first-order chi connectivity index (χ1) is 13.4. The Balaban J connectivity index is 1.74. The number of amides is 1. The molecule has 1 atom stereocenters. The molecule has 2 heterocycles. The van der Waals surface area contributed by atoms with Crippen molar-refractivity contribution in [3.63, 3.8) is 0 Å². The molecule has 0 spiro atoms. The molecule has 2 N–H and O–H groups in total. The molecule has 1 fully saturated rings. The van der Waals surface area contributed by atoms with Crippen LogP contribution in [0.4, 0.5) is 0 Å². The number of carbonyl (C=O) groups is 1. The molecule has 1 aliphatic heterocycles. The van der Waals surface area contributed by atoms with E-state index >= 15 is 0 Å². The Morgan fingerprint density at radius 3 is 2.43 bits per heavy atom. The zero-order valence-corrected chi connectivity index (χ0v) is 16.1. The highest BCUT2D eigenvalue weighted by molar-refractivity contribution is 7.76. The van der Waals surface area contributed by atoms with Gasteiger partial charge in [0.2, 0.25) is 5.91 Å². The van der Waals surface area contributed by atoms with Crippen LogP contribution in [0.3, 0.4) is 0 Å². The number of piperidine rings is 1.